The smallest absolute Gasteiger partial charge is 0.220 e. The van der Waals surface area contributed by atoms with Crippen LogP contribution in [0.2, 0.25) is 0 Å². The molecule has 4 heteroatoms. The van der Waals surface area contributed by atoms with E-state index < -0.39 is 0 Å². The lowest BCUT2D eigenvalue weighted by Crippen LogP contribution is -2.27. The fourth-order valence-electron chi connectivity index (χ4n) is 6.10. The number of ether oxygens (including phenoxy) is 1. The quantitative estimate of drug-likeness (QED) is 0.352. The van der Waals surface area contributed by atoms with Gasteiger partial charge in [-0.2, -0.15) is 4.98 Å². The molecule has 0 radical (unpaired) electrons. The molecule has 0 amide bonds. The fraction of sp³-hybridized carbons (Fsp3) is 0.500. The average molecular weight is 484 g/mol. The molecule has 2 aromatic carbocycles. The molecule has 3 aromatic rings. The first-order chi connectivity index (χ1) is 17.7. The molecule has 0 unspecified atom stereocenters. The molecule has 0 aliphatic heterocycles. The third kappa shape index (κ3) is 5.34. The summed E-state index contributed by atoms with van der Waals surface area (Å²) in [5.74, 6) is 1.64. The Morgan fingerprint density at radius 1 is 0.889 bits per heavy atom. The van der Waals surface area contributed by atoms with Crippen molar-refractivity contribution in [3.8, 4) is 17.3 Å². The van der Waals surface area contributed by atoms with Gasteiger partial charge >= 0.3 is 0 Å². The number of aromatic nitrogens is 2. The largest absolute Gasteiger partial charge is 0.474 e. The highest BCUT2D eigenvalue weighted by molar-refractivity contribution is 5.66. The van der Waals surface area contributed by atoms with E-state index in [1.807, 2.05) is 0 Å². The fourth-order valence-corrected chi connectivity index (χ4v) is 6.10. The second kappa shape index (κ2) is 11.6. The van der Waals surface area contributed by atoms with Crippen molar-refractivity contribution in [2.45, 2.75) is 97.1 Å². The van der Waals surface area contributed by atoms with E-state index in [2.05, 4.69) is 68.6 Å². The highest BCUT2D eigenvalue weighted by atomic mass is 16.5. The van der Waals surface area contributed by atoms with E-state index in [1.54, 1.807) is 0 Å². The minimum absolute atomic E-state index is 0.274. The Balaban J connectivity index is 1.42. The van der Waals surface area contributed by atoms with Crippen LogP contribution in [0.15, 0.2) is 42.5 Å². The Morgan fingerprint density at radius 2 is 1.64 bits per heavy atom. The summed E-state index contributed by atoms with van der Waals surface area (Å²) in [6.07, 6.45) is 11.5. The summed E-state index contributed by atoms with van der Waals surface area (Å²) < 4.78 is 6.62. The molecule has 2 aliphatic rings. The number of nitrogens with zero attached hydrogens (tertiary/aromatic N) is 2. The predicted molar refractivity (Wildman–Crippen MR) is 148 cm³/mol. The molecule has 1 aromatic heterocycles. The summed E-state index contributed by atoms with van der Waals surface area (Å²) in [5.41, 5.74) is 9.00. The number of nitrogens with one attached hydrogen (secondary N) is 1. The number of aryl methyl sites for hydroxylation is 4. The lowest BCUT2D eigenvalue weighted by atomic mass is 9.87. The molecule has 2 aliphatic carbocycles. The van der Waals surface area contributed by atoms with E-state index >= 15 is 0 Å². The van der Waals surface area contributed by atoms with E-state index in [1.165, 1.54) is 59.9 Å². The van der Waals surface area contributed by atoms with E-state index in [0.29, 0.717) is 6.04 Å². The van der Waals surface area contributed by atoms with Gasteiger partial charge in [-0.1, -0.05) is 56.3 Å². The summed E-state index contributed by atoms with van der Waals surface area (Å²) in [4.78, 5) is 10.2. The van der Waals surface area contributed by atoms with Crippen LogP contribution in [0, 0.1) is 6.92 Å². The molecule has 1 N–H and O–H groups in total. The number of fused-ring (bicyclic) bond motifs is 1. The standard InChI is InChI=1S/C32H41N3O/c1-4-23-13-10-14-24(5-2)30(23)31-34-22(3)27(32(35-31)36-26-16-7-8-17-26)20-21-33-29-19-11-15-25-12-6-9-18-28(25)29/h6,9-10,12-14,18,26,29,33H,4-5,7-8,11,15-17,19-21H2,1-3H3/t29-/m0/s1. The van der Waals surface area contributed by atoms with Gasteiger partial charge in [0.1, 0.15) is 6.10 Å². The van der Waals surface area contributed by atoms with Crippen LogP contribution < -0.4 is 10.1 Å². The van der Waals surface area contributed by atoms with Crippen molar-refractivity contribution in [3.05, 3.63) is 76.0 Å². The molecular weight excluding hydrogens is 442 g/mol. The van der Waals surface area contributed by atoms with E-state index in [-0.39, 0.29) is 6.10 Å². The van der Waals surface area contributed by atoms with Gasteiger partial charge in [-0.05, 0) is 93.4 Å². The molecule has 1 heterocycles. The Labute approximate surface area is 216 Å². The first-order valence-electron chi connectivity index (χ1n) is 14.1. The first kappa shape index (κ1) is 25.0. The molecule has 1 saturated carbocycles. The highest BCUT2D eigenvalue weighted by Gasteiger charge is 2.24. The normalized spacial score (nSPS) is 17.8. The van der Waals surface area contributed by atoms with Crippen LogP contribution in [0.4, 0.5) is 0 Å². The van der Waals surface area contributed by atoms with Gasteiger partial charge in [0.05, 0.1) is 0 Å². The van der Waals surface area contributed by atoms with Gasteiger partial charge in [0.2, 0.25) is 5.88 Å². The zero-order valence-corrected chi connectivity index (χ0v) is 22.3. The highest BCUT2D eigenvalue weighted by Crippen LogP contribution is 2.33. The van der Waals surface area contributed by atoms with E-state index in [4.69, 9.17) is 14.7 Å². The second-order valence-electron chi connectivity index (χ2n) is 10.4. The summed E-state index contributed by atoms with van der Waals surface area (Å²) in [6, 6.07) is 15.9. The first-order valence-corrected chi connectivity index (χ1v) is 14.1. The number of rotatable bonds is 9. The number of hydrogen-bond donors (Lipinski definition) is 1. The van der Waals surface area contributed by atoms with Crippen molar-refractivity contribution in [3.63, 3.8) is 0 Å². The van der Waals surface area contributed by atoms with Crippen LogP contribution in [0.1, 0.15) is 91.9 Å². The molecular formula is C32H41N3O. The molecule has 1 atom stereocenters. The summed E-state index contributed by atoms with van der Waals surface area (Å²) in [7, 11) is 0. The minimum Gasteiger partial charge on any atom is -0.474 e. The Bertz CT molecular complexity index is 1160. The van der Waals surface area contributed by atoms with E-state index in [9.17, 15) is 0 Å². The van der Waals surface area contributed by atoms with Gasteiger partial charge in [-0.25, -0.2) is 4.98 Å². The maximum atomic E-state index is 6.62. The molecule has 190 valence electrons. The maximum absolute atomic E-state index is 6.62. The molecule has 0 bridgehead atoms. The van der Waals surface area contributed by atoms with Crippen molar-refractivity contribution >= 4 is 0 Å². The molecule has 5 rings (SSSR count). The van der Waals surface area contributed by atoms with Crippen LogP contribution in [-0.4, -0.2) is 22.6 Å². The second-order valence-corrected chi connectivity index (χ2v) is 10.4. The number of benzene rings is 2. The minimum atomic E-state index is 0.274. The van der Waals surface area contributed by atoms with Crippen LogP contribution in [-0.2, 0) is 25.7 Å². The van der Waals surface area contributed by atoms with Crippen molar-refractivity contribution < 1.29 is 4.74 Å². The zero-order chi connectivity index (χ0) is 24.9. The van der Waals surface area contributed by atoms with Gasteiger partial charge in [0.25, 0.3) is 0 Å². The molecule has 1 fully saturated rings. The van der Waals surface area contributed by atoms with Crippen molar-refractivity contribution in [1.82, 2.24) is 15.3 Å². The molecule has 4 nitrogen and oxygen atoms in total. The van der Waals surface area contributed by atoms with Gasteiger partial charge in [-0.3, -0.25) is 0 Å². The van der Waals surface area contributed by atoms with Crippen molar-refractivity contribution in [2.75, 3.05) is 6.54 Å². The summed E-state index contributed by atoms with van der Waals surface area (Å²) in [5, 5.41) is 3.85. The van der Waals surface area contributed by atoms with Gasteiger partial charge < -0.3 is 10.1 Å². The van der Waals surface area contributed by atoms with Gasteiger partial charge in [0, 0.05) is 29.4 Å². The van der Waals surface area contributed by atoms with Crippen LogP contribution in [0.25, 0.3) is 11.4 Å². The zero-order valence-electron chi connectivity index (χ0n) is 22.3. The van der Waals surface area contributed by atoms with Crippen molar-refractivity contribution in [2.24, 2.45) is 0 Å². The Kier molecular flexibility index (Phi) is 8.01. The van der Waals surface area contributed by atoms with Crippen LogP contribution in [0.3, 0.4) is 0 Å². The predicted octanol–water partition coefficient (Wildman–Crippen LogP) is 7.11. The van der Waals surface area contributed by atoms with E-state index in [0.717, 1.165) is 61.6 Å². The van der Waals surface area contributed by atoms with Gasteiger partial charge in [-0.15, -0.1) is 0 Å². The molecule has 36 heavy (non-hydrogen) atoms. The third-order valence-electron chi connectivity index (χ3n) is 8.11. The lowest BCUT2D eigenvalue weighted by molar-refractivity contribution is 0.198. The van der Waals surface area contributed by atoms with Crippen LogP contribution in [0.5, 0.6) is 5.88 Å². The van der Waals surface area contributed by atoms with Crippen LogP contribution >= 0.6 is 0 Å². The van der Waals surface area contributed by atoms with Gasteiger partial charge in [0.15, 0.2) is 5.82 Å². The average Bonchev–Trinajstić information content (AvgIpc) is 3.42. The topological polar surface area (TPSA) is 47.0 Å². The summed E-state index contributed by atoms with van der Waals surface area (Å²) >= 11 is 0. The monoisotopic (exact) mass is 483 g/mol. The Hall–Kier alpha value is -2.72. The third-order valence-corrected chi connectivity index (χ3v) is 8.11. The summed E-state index contributed by atoms with van der Waals surface area (Å²) in [6.45, 7) is 7.46. The molecule has 0 spiro atoms. The Morgan fingerprint density at radius 3 is 2.39 bits per heavy atom. The molecule has 0 saturated heterocycles. The SMILES string of the molecule is CCc1cccc(CC)c1-c1nc(C)c(CCN[C@H]2CCCc3ccccc32)c(OC2CCCC2)n1. The number of hydrogen-bond acceptors (Lipinski definition) is 4. The van der Waals surface area contributed by atoms with Crippen molar-refractivity contribution in [1.29, 1.82) is 0 Å². The maximum Gasteiger partial charge on any atom is 0.220 e. The lowest BCUT2D eigenvalue weighted by Gasteiger charge is -2.27.